The zero-order chi connectivity index (χ0) is 21.4. The van der Waals surface area contributed by atoms with Crippen LogP contribution in [0.4, 0.5) is 23.7 Å². The van der Waals surface area contributed by atoms with Gasteiger partial charge in [0, 0.05) is 5.69 Å². The zero-order valence-corrected chi connectivity index (χ0v) is 15.4. The molecule has 0 radical (unpaired) electrons. The topological polar surface area (TPSA) is 122 Å². The van der Waals surface area contributed by atoms with Crippen molar-refractivity contribution < 1.29 is 31.2 Å². The van der Waals surface area contributed by atoms with Gasteiger partial charge >= 0.3 is 12.2 Å². The number of carbonyl (C=O) groups is 2. The highest BCUT2D eigenvalue weighted by Crippen LogP contribution is 2.35. The van der Waals surface area contributed by atoms with Crippen LogP contribution in [0.3, 0.4) is 0 Å². The molecule has 0 bridgehead atoms. The molecular formula is C17H15F3N4O4S. The van der Waals surface area contributed by atoms with Crippen molar-refractivity contribution in [3.05, 3.63) is 60.2 Å². The van der Waals surface area contributed by atoms with Crippen molar-refractivity contribution in [2.75, 3.05) is 5.73 Å². The van der Waals surface area contributed by atoms with E-state index >= 15 is 0 Å². The molecule has 1 atom stereocenters. The number of imide groups is 1. The zero-order valence-electron chi connectivity index (χ0n) is 14.6. The SMILES string of the molecule is Nc1ccc(S(=O)(=O)N[C@]2(C(F)(F)F)NC(=O)N(Cc3ccccc3)C2=O)cc1. The highest BCUT2D eigenvalue weighted by atomic mass is 32.2. The minimum absolute atomic E-state index is 0.189. The molecule has 3 rings (SSSR count). The molecule has 1 fully saturated rings. The lowest BCUT2D eigenvalue weighted by atomic mass is 10.1. The van der Waals surface area contributed by atoms with Crippen LogP contribution in [0.5, 0.6) is 0 Å². The van der Waals surface area contributed by atoms with Crippen LogP contribution < -0.4 is 15.8 Å². The molecular weight excluding hydrogens is 413 g/mol. The molecule has 0 saturated carbocycles. The molecule has 2 aromatic rings. The molecule has 0 aromatic heterocycles. The summed E-state index contributed by atoms with van der Waals surface area (Å²) in [6, 6.07) is 10.7. The van der Waals surface area contributed by atoms with E-state index in [1.54, 1.807) is 18.2 Å². The van der Waals surface area contributed by atoms with Crippen LogP contribution in [0.25, 0.3) is 0 Å². The fourth-order valence-electron chi connectivity index (χ4n) is 2.71. The normalized spacial score (nSPS) is 20.0. The molecule has 3 amide bonds. The van der Waals surface area contributed by atoms with Gasteiger partial charge in [0.2, 0.25) is 10.0 Å². The van der Waals surface area contributed by atoms with E-state index in [1.807, 2.05) is 0 Å². The molecule has 0 spiro atoms. The minimum Gasteiger partial charge on any atom is -0.399 e. The number of benzene rings is 2. The first kappa shape index (κ1) is 20.6. The van der Waals surface area contributed by atoms with E-state index in [0.29, 0.717) is 10.5 Å². The maximum atomic E-state index is 13.9. The van der Waals surface area contributed by atoms with Crippen LogP contribution in [0, 0.1) is 0 Å². The van der Waals surface area contributed by atoms with Crippen LogP contribution in [-0.4, -0.2) is 37.1 Å². The number of rotatable bonds is 5. The lowest BCUT2D eigenvalue weighted by molar-refractivity contribution is -0.198. The molecule has 1 aliphatic heterocycles. The number of urea groups is 1. The van der Waals surface area contributed by atoms with Gasteiger partial charge in [0.05, 0.1) is 11.4 Å². The smallest absolute Gasteiger partial charge is 0.399 e. The molecule has 1 heterocycles. The van der Waals surface area contributed by atoms with Gasteiger partial charge in [-0.3, -0.25) is 9.69 Å². The number of nitrogens with zero attached hydrogens (tertiary/aromatic N) is 1. The number of sulfonamides is 1. The Hall–Kier alpha value is -3.12. The fraction of sp³-hybridized carbons (Fsp3) is 0.176. The largest absolute Gasteiger partial charge is 0.435 e. The summed E-state index contributed by atoms with van der Waals surface area (Å²) in [6.45, 7) is -0.465. The van der Waals surface area contributed by atoms with E-state index in [9.17, 15) is 31.2 Å². The van der Waals surface area contributed by atoms with Crippen molar-refractivity contribution in [1.82, 2.24) is 14.9 Å². The standard InChI is InChI=1S/C17H15F3N4O4S/c18-17(19,20)16(23-29(27,28)13-8-6-12(21)7-9-13)14(25)24(15(26)22-16)10-11-4-2-1-3-5-11/h1-9,23H,10,21H2,(H,22,26)/t16-/m1/s1. The minimum atomic E-state index is -5.45. The van der Waals surface area contributed by atoms with Gasteiger partial charge in [-0.1, -0.05) is 30.3 Å². The summed E-state index contributed by atoms with van der Waals surface area (Å²) >= 11 is 0. The predicted molar refractivity (Wildman–Crippen MR) is 95.5 cm³/mol. The fourth-order valence-corrected chi connectivity index (χ4v) is 3.98. The van der Waals surface area contributed by atoms with Crippen molar-refractivity contribution in [3.63, 3.8) is 0 Å². The van der Waals surface area contributed by atoms with Crippen molar-refractivity contribution in [2.24, 2.45) is 0 Å². The predicted octanol–water partition coefficient (Wildman–Crippen LogP) is 1.56. The molecule has 2 aromatic carbocycles. The molecule has 0 aliphatic carbocycles. The summed E-state index contributed by atoms with van der Waals surface area (Å²) in [5.74, 6) is -1.78. The molecule has 8 nitrogen and oxygen atoms in total. The summed E-state index contributed by atoms with van der Waals surface area (Å²) in [5.41, 5.74) is 2.19. The number of alkyl halides is 3. The van der Waals surface area contributed by atoms with E-state index in [4.69, 9.17) is 5.73 Å². The van der Waals surface area contributed by atoms with Crippen molar-refractivity contribution in [3.8, 4) is 0 Å². The quantitative estimate of drug-likeness (QED) is 0.493. The highest BCUT2D eigenvalue weighted by molar-refractivity contribution is 7.89. The first-order valence-electron chi connectivity index (χ1n) is 8.10. The van der Waals surface area contributed by atoms with Crippen LogP contribution in [-0.2, 0) is 21.4 Å². The average Bonchev–Trinajstić information content (AvgIpc) is 2.87. The Morgan fingerprint density at radius 3 is 2.17 bits per heavy atom. The number of nitrogens with two attached hydrogens (primary N) is 1. The Balaban J connectivity index is 1.98. The third kappa shape index (κ3) is 3.76. The number of amides is 3. The van der Waals surface area contributed by atoms with E-state index in [1.165, 1.54) is 34.3 Å². The third-order valence-electron chi connectivity index (χ3n) is 4.19. The lowest BCUT2D eigenvalue weighted by Gasteiger charge is -2.29. The Labute approximate surface area is 163 Å². The van der Waals surface area contributed by atoms with Gasteiger partial charge in [-0.15, -0.1) is 0 Å². The summed E-state index contributed by atoms with van der Waals surface area (Å²) in [6.07, 6.45) is -5.45. The Morgan fingerprint density at radius 2 is 1.62 bits per heavy atom. The van der Waals surface area contributed by atoms with Crippen LogP contribution in [0.2, 0.25) is 0 Å². The van der Waals surface area contributed by atoms with Gasteiger partial charge in [-0.05, 0) is 29.8 Å². The maximum Gasteiger partial charge on any atom is 0.435 e. The molecule has 12 heteroatoms. The van der Waals surface area contributed by atoms with Gasteiger partial charge in [-0.25, -0.2) is 13.2 Å². The number of nitrogen functional groups attached to an aromatic ring is 1. The van der Waals surface area contributed by atoms with Gasteiger partial charge in [0.25, 0.3) is 11.6 Å². The Morgan fingerprint density at radius 1 is 1.03 bits per heavy atom. The number of nitrogens with one attached hydrogen (secondary N) is 2. The van der Waals surface area contributed by atoms with E-state index in [2.05, 4.69) is 0 Å². The summed E-state index contributed by atoms with van der Waals surface area (Å²) in [4.78, 5) is 24.5. The van der Waals surface area contributed by atoms with E-state index in [0.717, 1.165) is 12.1 Å². The second-order valence-corrected chi connectivity index (χ2v) is 7.91. The second-order valence-electron chi connectivity index (χ2n) is 6.23. The van der Waals surface area contributed by atoms with Crippen molar-refractivity contribution in [1.29, 1.82) is 0 Å². The summed E-state index contributed by atoms with van der Waals surface area (Å²) < 4.78 is 67.9. The van der Waals surface area contributed by atoms with Crippen LogP contribution in [0.1, 0.15) is 5.56 Å². The Bertz CT molecular complexity index is 1040. The molecule has 154 valence electrons. The second kappa shape index (κ2) is 7.04. The van der Waals surface area contributed by atoms with E-state index in [-0.39, 0.29) is 5.69 Å². The van der Waals surface area contributed by atoms with Gasteiger partial charge < -0.3 is 11.1 Å². The summed E-state index contributed by atoms with van der Waals surface area (Å²) in [7, 11) is -4.84. The Kier molecular flexibility index (Phi) is 5.01. The third-order valence-corrected chi connectivity index (χ3v) is 5.66. The average molecular weight is 428 g/mol. The number of hydrogen-bond acceptors (Lipinski definition) is 5. The monoisotopic (exact) mass is 428 g/mol. The van der Waals surface area contributed by atoms with Gasteiger partial charge in [-0.2, -0.15) is 17.9 Å². The van der Waals surface area contributed by atoms with Crippen LogP contribution in [0.15, 0.2) is 59.5 Å². The first-order valence-corrected chi connectivity index (χ1v) is 9.59. The molecule has 0 unspecified atom stereocenters. The lowest BCUT2D eigenvalue weighted by Crippen LogP contribution is -2.69. The highest BCUT2D eigenvalue weighted by Gasteiger charge is 2.69. The van der Waals surface area contributed by atoms with Gasteiger partial charge in [0.15, 0.2) is 0 Å². The van der Waals surface area contributed by atoms with Crippen molar-refractivity contribution in [2.45, 2.75) is 23.3 Å². The summed E-state index contributed by atoms with van der Waals surface area (Å²) in [5, 5.41) is 1.46. The molecule has 1 aliphatic rings. The molecule has 1 saturated heterocycles. The van der Waals surface area contributed by atoms with Crippen molar-refractivity contribution >= 4 is 27.6 Å². The van der Waals surface area contributed by atoms with E-state index < -0.39 is 45.2 Å². The van der Waals surface area contributed by atoms with Crippen LogP contribution >= 0.6 is 0 Å². The molecule has 29 heavy (non-hydrogen) atoms. The number of carbonyl (C=O) groups excluding carboxylic acids is 2. The maximum absolute atomic E-state index is 13.9. The number of anilines is 1. The van der Waals surface area contributed by atoms with Gasteiger partial charge in [0.1, 0.15) is 0 Å². The molecule has 4 N–H and O–H groups in total. The first-order chi connectivity index (χ1) is 13.5. The number of hydrogen-bond donors (Lipinski definition) is 3. The number of halogens is 3.